The van der Waals surface area contributed by atoms with Gasteiger partial charge >= 0.3 is 0 Å². The highest BCUT2D eigenvalue weighted by Crippen LogP contribution is 2.28. The lowest BCUT2D eigenvalue weighted by molar-refractivity contribution is 0.408. The molecular weight excluding hydrogens is 250 g/mol. The van der Waals surface area contributed by atoms with E-state index >= 15 is 0 Å². The molecule has 0 radical (unpaired) electrons. The number of nitrogens with one attached hydrogen (secondary N) is 1. The van der Waals surface area contributed by atoms with Crippen LogP contribution in [0.5, 0.6) is 5.75 Å². The van der Waals surface area contributed by atoms with Crippen LogP contribution in [0.25, 0.3) is 11.0 Å². The number of furan rings is 1. The van der Waals surface area contributed by atoms with Crippen molar-refractivity contribution in [2.75, 3.05) is 12.4 Å². The Bertz CT molecular complexity index is 731. The average molecular weight is 267 g/mol. The molecule has 0 spiro atoms. The molecule has 0 amide bonds. The number of hydrogen-bond donors (Lipinski definition) is 1. The fourth-order valence-electron chi connectivity index (χ4n) is 2.29. The van der Waals surface area contributed by atoms with E-state index in [-0.39, 0.29) is 0 Å². The molecule has 3 aromatic rings. The monoisotopic (exact) mass is 267 g/mol. The quantitative estimate of drug-likeness (QED) is 0.762. The zero-order valence-electron chi connectivity index (χ0n) is 11.6. The first-order valence-electron chi connectivity index (χ1n) is 6.63. The molecule has 102 valence electrons. The maximum absolute atomic E-state index is 5.86. The van der Waals surface area contributed by atoms with Gasteiger partial charge in [-0.1, -0.05) is 30.3 Å². The molecule has 0 bridgehead atoms. The lowest BCUT2D eigenvalue weighted by Gasteiger charge is -2.07. The van der Waals surface area contributed by atoms with Crippen molar-refractivity contribution in [3.05, 3.63) is 59.9 Å². The molecule has 20 heavy (non-hydrogen) atoms. The van der Waals surface area contributed by atoms with E-state index in [2.05, 4.69) is 24.4 Å². The van der Waals surface area contributed by atoms with Gasteiger partial charge in [0.05, 0.1) is 13.7 Å². The van der Waals surface area contributed by atoms with E-state index in [0.29, 0.717) is 6.54 Å². The van der Waals surface area contributed by atoms with Crippen molar-refractivity contribution in [3.63, 3.8) is 0 Å². The Balaban J connectivity index is 1.83. The summed E-state index contributed by atoms with van der Waals surface area (Å²) in [5.74, 6) is 1.66. The summed E-state index contributed by atoms with van der Waals surface area (Å²) in [6, 6.07) is 16.2. The highest BCUT2D eigenvalue weighted by Gasteiger charge is 2.08. The van der Waals surface area contributed by atoms with E-state index in [1.807, 2.05) is 36.4 Å². The van der Waals surface area contributed by atoms with E-state index in [9.17, 15) is 0 Å². The number of ether oxygens (including phenoxy) is 1. The highest BCUT2D eigenvalue weighted by atomic mass is 16.5. The summed E-state index contributed by atoms with van der Waals surface area (Å²) in [5, 5.41) is 4.45. The van der Waals surface area contributed by atoms with Crippen LogP contribution in [0, 0.1) is 6.92 Å². The molecule has 0 aliphatic heterocycles. The van der Waals surface area contributed by atoms with Gasteiger partial charge in [0.25, 0.3) is 0 Å². The van der Waals surface area contributed by atoms with Crippen LogP contribution in [0.2, 0.25) is 0 Å². The standard InChI is InChI=1S/C17H17NO2/c1-12-6-3-4-8-15(12)18-11-14-10-13-7-5-9-16(19-2)17(13)20-14/h3-10,18H,11H2,1-2H3. The molecule has 0 aliphatic carbocycles. The van der Waals surface area contributed by atoms with Crippen molar-refractivity contribution in [1.82, 2.24) is 0 Å². The zero-order chi connectivity index (χ0) is 13.9. The highest BCUT2D eigenvalue weighted by molar-refractivity contribution is 5.83. The number of para-hydroxylation sites is 2. The molecule has 0 fully saturated rings. The van der Waals surface area contributed by atoms with Crippen LogP contribution in [-0.4, -0.2) is 7.11 Å². The number of methoxy groups -OCH3 is 1. The normalized spacial score (nSPS) is 10.7. The Morgan fingerprint density at radius 3 is 2.75 bits per heavy atom. The zero-order valence-corrected chi connectivity index (χ0v) is 11.6. The molecule has 1 aromatic heterocycles. The molecular formula is C17H17NO2. The molecule has 3 rings (SSSR count). The predicted molar refractivity (Wildman–Crippen MR) is 81.3 cm³/mol. The number of hydrogen-bond acceptors (Lipinski definition) is 3. The molecule has 2 aromatic carbocycles. The Kier molecular flexibility index (Phi) is 3.33. The van der Waals surface area contributed by atoms with Gasteiger partial charge < -0.3 is 14.5 Å². The minimum Gasteiger partial charge on any atom is -0.493 e. The Morgan fingerprint density at radius 1 is 1.10 bits per heavy atom. The summed E-state index contributed by atoms with van der Waals surface area (Å²) >= 11 is 0. The Morgan fingerprint density at radius 2 is 1.95 bits per heavy atom. The Labute approximate surface area is 118 Å². The summed E-state index contributed by atoms with van der Waals surface area (Å²) < 4.78 is 11.2. The van der Waals surface area contributed by atoms with Crippen LogP contribution in [0.3, 0.4) is 0 Å². The second-order valence-corrected chi connectivity index (χ2v) is 4.76. The van der Waals surface area contributed by atoms with Gasteiger partial charge in [-0.05, 0) is 30.7 Å². The fraction of sp³-hybridized carbons (Fsp3) is 0.176. The number of aryl methyl sites for hydroxylation is 1. The summed E-state index contributed by atoms with van der Waals surface area (Å²) in [5.41, 5.74) is 3.15. The van der Waals surface area contributed by atoms with Gasteiger partial charge in [0, 0.05) is 11.1 Å². The van der Waals surface area contributed by atoms with E-state index in [1.54, 1.807) is 7.11 Å². The van der Waals surface area contributed by atoms with E-state index < -0.39 is 0 Å². The van der Waals surface area contributed by atoms with Gasteiger partial charge in [-0.15, -0.1) is 0 Å². The van der Waals surface area contributed by atoms with Crippen LogP contribution < -0.4 is 10.1 Å². The molecule has 1 N–H and O–H groups in total. The first-order chi connectivity index (χ1) is 9.78. The van der Waals surface area contributed by atoms with Gasteiger partial charge in [-0.2, -0.15) is 0 Å². The van der Waals surface area contributed by atoms with Crippen LogP contribution in [0.15, 0.2) is 52.9 Å². The molecule has 3 nitrogen and oxygen atoms in total. The molecule has 1 heterocycles. The smallest absolute Gasteiger partial charge is 0.176 e. The van der Waals surface area contributed by atoms with Gasteiger partial charge in [0.1, 0.15) is 5.76 Å². The number of benzene rings is 2. The van der Waals surface area contributed by atoms with Crippen molar-refractivity contribution >= 4 is 16.7 Å². The predicted octanol–water partition coefficient (Wildman–Crippen LogP) is 4.36. The lowest BCUT2D eigenvalue weighted by atomic mass is 10.2. The summed E-state index contributed by atoms with van der Waals surface area (Å²) in [7, 11) is 1.66. The van der Waals surface area contributed by atoms with Gasteiger partial charge in [-0.3, -0.25) is 0 Å². The van der Waals surface area contributed by atoms with E-state index in [0.717, 1.165) is 28.2 Å². The van der Waals surface area contributed by atoms with Crippen LogP contribution in [0.4, 0.5) is 5.69 Å². The van der Waals surface area contributed by atoms with Crippen molar-refractivity contribution in [2.24, 2.45) is 0 Å². The van der Waals surface area contributed by atoms with Crippen LogP contribution in [0.1, 0.15) is 11.3 Å². The number of anilines is 1. The van der Waals surface area contributed by atoms with Gasteiger partial charge in [-0.25, -0.2) is 0 Å². The van der Waals surface area contributed by atoms with Crippen LogP contribution in [-0.2, 0) is 6.54 Å². The maximum Gasteiger partial charge on any atom is 0.176 e. The van der Waals surface area contributed by atoms with Crippen molar-refractivity contribution in [1.29, 1.82) is 0 Å². The van der Waals surface area contributed by atoms with Gasteiger partial charge in [0.15, 0.2) is 11.3 Å². The largest absolute Gasteiger partial charge is 0.493 e. The SMILES string of the molecule is COc1cccc2cc(CNc3ccccc3C)oc12. The second-order valence-electron chi connectivity index (χ2n) is 4.76. The molecule has 0 unspecified atom stereocenters. The van der Waals surface area contributed by atoms with Crippen LogP contribution >= 0.6 is 0 Å². The van der Waals surface area contributed by atoms with Gasteiger partial charge in [0.2, 0.25) is 0 Å². The van der Waals surface area contributed by atoms with Crippen molar-refractivity contribution < 1.29 is 9.15 Å². The number of fused-ring (bicyclic) bond motifs is 1. The van der Waals surface area contributed by atoms with E-state index in [4.69, 9.17) is 9.15 Å². The summed E-state index contributed by atoms with van der Waals surface area (Å²) in [6.45, 7) is 2.74. The first-order valence-corrected chi connectivity index (χ1v) is 6.63. The molecule has 0 saturated carbocycles. The third-order valence-corrected chi connectivity index (χ3v) is 3.38. The average Bonchev–Trinajstić information content (AvgIpc) is 2.89. The summed E-state index contributed by atoms with van der Waals surface area (Å²) in [6.07, 6.45) is 0. The van der Waals surface area contributed by atoms with Crippen molar-refractivity contribution in [3.8, 4) is 5.75 Å². The lowest BCUT2D eigenvalue weighted by Crippen LogP contribution is -1.99. The fourth-order valence-corrected chi connectivity index (χ4v) is 2.29. The Hall–Kier alpha value is -2.42. The topological polar surface area (TPSA) is 34.4 Å². The molecule has 0 aliphatic rings. The first kappa shape index (κ1) is 12.6. The minimum atomic E-state index is 0.655. The minimum absolute atomic E-state index is 0.655. The summed E-state index contributed by atoms with van der Waals surface area (Å²) in [4.78, 5) is 0. The van der Waals surface area contributed by atoms with Crippen molar-refractivity contribution in [2.45, 2.75) is 13.5 Å². The molecule has 3 heteroatoms. The van der Waals surface area contributed by atoms with E-state index in [1.165, 1.54) is 5.56 Å². The second kappa shape index (κ2) is 5.29. The third kappa shape index (κ3) is 2.35. The molecule has 0 atom stereocenters. The number of rotatable bonds is 4. The third-order valence-electron chi connectivity index (χ3n) is 3.38. The molecule has 0 saturated heterocycles. The maximum atomic E-state index is 5.86.